The van der Waals surface area contributed by atoms with Crippen molar-refractivity contribution in [2.24, 2.45) is 4.99 Å². The second-order valence-corrected chi connectivity index (χ2v) is 6.80. The third-order valence-corrected chi connectivity index (χ3v) is 4.64. The molecule has 1 fully saturated rings. The summed E-state index contributed by atoms with van der Waals surface area (Å²) in [6.45, 7) is 0.891. The number of halogens is 4. The van der Waals surface area contributed by atoms with Gasteiger partial charge in [0.05, 0.1) is 13.1 Å². The van der Waals surface area contributed by atoms with Crippen LogP contribution in [0.25, 0.3) is 10.8 Å². The third-order valence-electron chi connectivity index (χ3n) is 4.64. The van der Waals surface area contributed by atoms with Gasteiger partial charge in [-0.05, 0) is 17.9 Å². The van der Waals surface area contributed by atoms with Crippen molar-refractivity contribution in [1.82, 2.24) is 15.5 Å². The number of hydrogen-bond acceptors (Lipinski definition) is 3. The molecule has 5 nitrogen and oxygen atoms in total. The zero-order chi connectivity index (χ0) is 20.0. The molecule has 3 rings (SSSR count). The van der Waals surface area contributed by atoms with Crippen LogP contribution in [0, 0.1) is 0 Å². The fraction of sp³-hybridized carbons (Fsp3) is 0.450. The highest BCUT2D eigenvalue weighted by atomic mass is 127. The van der Waals surface area contributed by atoms with Crippen LogP contribution < -0.4 is 15.4 Å². The Labute approximate surface area is 185 Å². The highest BCUT2D eigenvalue weighted by Crippen LogP contribution is 2.25. The number of alkyl halides is 3. The highest BCUT2D eigenvalue weighted by molar-refractivity contribution is 14.0. The largest absolute Gasteiger partial charge is 0.491 e. The molecule has 1 aliphatic rings. The van der Waals surface area contributed by atoms with Gasteiger partial charge in [-0.25, -0.2) is 0 Å². The number of nitrogens with one attached hydrogen (secondary N) is 2. The van der Waals surface area contributed by atoms with Crippen molar-refractivity contribution in [1.29, 1.82) is 0 Å². The van der Waals surface area contributed by atoms with Gasteiger partial charge in [0.2, 0.25) is 0 Å². The van der Waals surface area contributed by atoms with Gasteiger partial charge >= 0.3 is 6.18 Å². The molecule has 9 heteroatoms. The van der Waals surface area contributed by atoms with E-state index in [9.17, 15) is 13.2 Å². The predicted octanol–water partition coefficient (Wildman–Crippen LogP) is 3.64. The van der Waals surface area contributed by atoms with Crippen LogP contribution in [0.4, 0.5) is 13.2 Å². The van der Waals surface area contributed by atoms with Crippen molar-refractivity contribution in [3.05, 3.63) is 42.5 Å². The number of rotatable bonds is 6. The van der Waals surface area contributed by atoms with E-state index in [2.05, 4.69) is 15.6 Å². The summed E-state index contributed by atoms with van der Waals surface area (Å²) in [6, 6.07) is 13.9. The molecule has 0 amide bonds. The summed E-state index contributed by atoms with van der Waals surface area (Å²) in [4.78, 5) is 5.56. The molecule has 1 heterocycles. The summed E-state index contributed by atoms with van der Waals surface area (Å²) in [5, 5.41) is 8.51. The Bertz CT molecular complexity index is 810. The minimum Gasteiger partial charge on any atom is -0.491 e. The van der Waals surface area contributed by atoms with Crippen LogP contribution in [-0.2, 0) is 0 Å². The molecule has 2 N–H and O–H groups in total. The molecule has 0 radical (unpaired) electrons. The van der Waals surface area contributed by atoms with Crippen molar-refractivity contribution in [2.75, 3.05) is 39.8 Å². The maximum atomic E-state index is 12.5. The van der Waals surface area contributed by atoms with E-state index < -0.39 is 12.7 Å². The van der Waals surface area contributed by atoms with Crippen LogP contribution in [-0.4, -0.2) is 62.9 Å². The van der Waals surface area contributed by atoms with Crippen molar-refractivity contribution >= 4 is 40.7 Å². The fourth-order valence-corrected chi connectivity index (χ4v) is 3.39. The Hall–Kier alpha value is -1.75. The van der Waals surface area contributed by atoms with Crippen LogP contribution in [0.15, 0.2) is 47.5 Å². The van der Waals surface area contributed by atoms with E-state index in [1.54, 1.807) is 7.05 Å². The molecule has 0 spiro atoms. The first-order valence-electron chi connectivity index (χ1n) is 9.31. The number of ether oxygens (including phenoxy) is 1. The van der Waals surface area contributed by atoms with Crippen molar-refractivity contribution in [3.8, 4) is 5.75 Å². The number of fused-ring (bicyclic) bond motifs is 1. The van der Waals surface area contributed by atoms with Crippen LogP contribution in [0.2, 0.25) is 0 Å². The SMILES string of the molecule is CN=C(NCCOc1cccc2ccccc12)NC1CCN(CC(F)(F)F)C1.I. The first-order chi connectivity index (χ1) is 13.4. The lowest BCUT2D eigenvalue weighted by Gasteiger charge is -2.20. The molecule has 2 aromatic carbocycles. The van der Waals surface area contributed by atoms with Crippen LogP contribution in [0.1, 0.15) is 6.42 Å². The summed E-state index contributed by atoms with van der Waals surface area (Å²) < 4.78 is 43.4. The first-order valence-corrected chi connectivity index (χ1v) is 9.31. The number of benzene rings is 2. The minimum absolute atomic E-state index is 0. The lowest BCUT2D eigenvalue weighted by Crippen LogP contribution is -2.46. The molecule has 0 saturated carbocycles. The first kappa shape index (κ1) is 23.5. The second kappa shape index (κ2) is 10.9. The van der Waals surface area contributed by atoms with Crippen molar-refractivity contribution in [3.63, 3.8) is 0 Å². The van der Waals surface area contributed by atoms with Gasteiger partial charge in [0, 0.05) is 31.6 Å². The van der Waals surface area contributed by atoms with E-state index in [1.165, 1.54) is 4.90 Å². The molecule has 1 aliphatic heterocycles. The molecule has 1 atom stereocenters. The van der Waals surface area contributed by atoms with Crippen molar-refractivity contribution < 1.29 is 17.9 Å². The molecule has 0 bridgehead atoms. The van der Waals surface area contributed by atoms with E-state index in [0.29, 0.717) is 38.6 Å². The van der Waals surface area contributed by atoms with E-state index in [4.69, 9.17) is 4.74 Å². The predicted molar refractivity (Wildman–Crippen MR) is 120 cm³/mol. The monoisotopic (exact) mass is 522 g/mol. The Morgan fingerprint density at radius 2 is 1.97 bits per heavy atom. The fourth-order valence-electron chi connectivity index (χ4n) is 3.39. The van der Waals surface area contributed by atoms with Gasteiger partial charge in [-0.15, -0.1) is 24.0 Å². The summed E-state index contributed by atoms with van der Waals surface area (Å²) >= 11 is 0. The summed E-state index contributed by atoms with van der Waals surface area (Å²) in [5.74, 6) is 1.39. The minimum atomic E-state index is -4.16. The lowest BCUT2D eigenvalue weighted by molar-refractivity contribution is -0.143. The van der Waals surface area contributed by atoms with Crippen LogP contribution in [0.3, 0.4) is 0 Å². The van der Waals surface area contributed by atoms with Gasteiger partial charge in [-0.3, -0.25) is 9.89 Å². The molecular formula is C20H26F3IN4O. The molecular weight excluding hydrogens is 496 g/mol. The summed E-state index contributed by atoms with van der Waals surface area (Å²) in [6.07, 6.45) is -3.50. The second-order valence-electron chi connectivity index (χ2n) is 6.80. The molecule has 29 heavy (non-hydrogen) atoms. The third kappa shape index (κ3) is 7.22. The molecule has 1 saturated heterocycles. The normalized spacial score (nSPS) is 17.8. The average molecular weight is 522 g/mol. The van der Waals surface area contributed by atoms with Crippen LogP contribution >= 0.6 is 24.0 Å². The zero-order valence-corrected chi connectivity index (χ0v) is 18.5. The Balaban J connectivity index is 0.00000300. The lowest BCUT2D eigenvalue weighted by atomic mass is 10.1. The smallest absolute Gasteiger partial charge is 0.401 e. The van der Waals surface area contributed by atoms with E-state index in [0.717, 1.165) is 16.5 Å². The van der Waals surface area contributed by atoms with E-state index in [-0.39, 0.29) is 30.0 Å². The van der Waals surface area contributed by atoms with Gasteiger partial charge in [0.1, 0.15) is 12.4 Å². The Morgan fingerprint density at radius 3 is 2.72 bits per heavy atom. The summed E-state index contributed by atoms with van der Waals surface area (Å²) in [7, 11) is 1.64. The van der Waals surface area contributed by atoms with Crippen molar-refractivity contribution in [2.45, 2.75) is 18.6 Å². The molecule has 160 valence electrons. The molecule has 1 unspecified atom stereocenters. The summed E-state index contributed by atoms with van der Waals surface area (Å²) in [5.41, 5.74) is 0. The number of nitrogens with zero attached hydrogens (tertiary/aromatic N) is 2. The topological polar surface area (TPSA) is 48.9 Å². The Morgan fingerprint density at radius 1 is 1.21 bits per heavy atom. The number of aliphatic imine (C=N–C) groups is 1. The maximum Gasteiger partial charge on any atom is 0.401 e. The standard InChI is InChI=1S/C20H25F3N4O.HI/c1-24-19(26-16-9-11-27(13-16)14-20(21,22)23)25-10-12-28-18-8-4-6-15-5-2-3-7-17(15)18;/h2-8,16H,9-14H2,1H3,(H2,24,25,26);1H. The highest BCUT2D eigenvalue weighted by Gasteiger charge is 2.34. The number of likely N-dealkylation sites (tertiary alicyclic amines) is 1. The average Bonchev–Trinajstić information content (AvgIpc) is 3.09. The zero-order valence-electron chi connectivity index (χ0n) is 16.2. The quantitative estimate of drug-likeness (QED) is 0.264. The number of guanidine groups is 1. The van der Waals surface area contributed by atoms with E-state index in [1.807, 2.05) is 42.5 Å². The molecule has 0 aliphatic carbocycles. The van der Waals surface area contributed by atoms with Gasteiger partial charge < -0.3 is 15.4 Å². The van der Waals surface area contributed by atoms with E-state index >= 15 is 0 Å². The number of hydrogen-bond donors (Lipinski definition) is 2. The molecule has 0 aromatic heterocycles. The maximum absolute atomic E-state index is 12.5. The van der Waals surface area contributed by atoms with Gasteiger partial charge in [-0.1, -0.05) is 36.4 Å². The van der Waals surface area contributed by atoms with Gasteiger partial charge in [0.15, 0.2) is 5.96 Å². The van der Waals surface area contributed by atoms with Gasteiger partial charge in [-0.2, -0.15) is 13.2 Å². The molecule has 2 aromatic rings. The Kier molecular flexibility index (Phi) is 8.81. The van der Waals surface area contributed by atoms with Gasteiger partial charge in [0.25, 0.3) is 0 Å². The van der Waals surface area contributed by atoms with Crippen LogP contribution in [0.5, 0.6) is 5.75 Å².